The molecule has 2 aromatic rings. The lowest BCUT2D eigenvalue weighted by Gasteiger charge is -2.30. The molecule has 0 spiro atoms. The molecule has 7 nitrogen and oxygen atoms in total. The molecule has 0 saturated carbocycles. The number of nitrogens with one attached hydrogen (secondary N) is 2. The maximum atomic E-state index is 13.8. The molecule has 12 heteroatoms. The van der Waals surface area contributed by atoms with Gasteiger partial charge >= 0.3 is 12.1 Å². The van der Waals surface area contributed by atoms with E-state index >= 15 is 0 Å². The smallest absolute Gasteiger partial charge is 0.380 e. The molecule has 38 heavy (non-hydrogen) atoms. The molecule has 0 bridgehead atoms. The first kappa shape index (κ1) is 29.0. The monoisotopic (exact) mass is 541 g/mol. The zero-order valence-corrected chi connectivity index (χ0v) is 21.0. The first-order valence-electron chi connectivity index (χ1n) is 11.8. The van der Waals surface area contributed by atoms with Crippen LogP contribution in [0.15, 0.2) is 48.5 Å². The van der Waals surface area contributed by atoms with Crippen LogP contribution in [0, 0.1) is 5.41 Å². The average Bonchev–Trinajstić information content (AvgIpc) is 2.96. The Morgan fingerprint density at radius 3 is 2.18 bits per heavy atom. The van der Waals surface area contributed by atoms with Crippen LogP contribution in [-0.4, -0.2) is 56.1 Å². The van der Waals surface area contributed by atoms with Gasteiger partial charge in [-0.25, -0.2) is 0 Å². The minimum Gasteiger partial charge on any atom is -0.380 e. The highest BCUT2D eigenvalue weighted by Gasteiger charge is 2.57. The van der Waals surface area contributed by atoms with Gasteiger partial charge in [0.05, 0.1) is 18.8 Å². The summed E-state index contributed by atoms with van der Waals surface area (Å²) in [7, 11) is 0. The van der Waals surface area contributed by atoms with E-state index in [2.05, 4.69) is 5.32 Å². The number of fused-ring (bicyclic) bond motifs is 3. The van der Waals surface area contributed by atoms with Gasteiger partial charge < -0.3 is 20.3 Å². The minimum atomic E-state index is -5.87. The van der Waals surface area contributed by atoms with Crippen molar-refractivity contribution in [1.82, 2.24) is 10.6 Å². The Morgan fingerprint density at radius 2 is 1.55 bits per heavy atom. The molecule has 0 radical (unpaired) electrons. The van der Waals surface area contributed by atoms with Crippen LogP contribution in [0.5, 0.6) is 0 Å². The number of halogens is 5. The van der Waals surface area contributed by atoms with Gasteiger partial charge in [-0.1, -0.05) is 42.5 Å². The standard InChI is InChI=1S/C26H28F5N3O4/c1-4-38-14-13-34-19-12-8-7-10-17(19)16-9-5-6-11-18(16)20(21(34)35)33-23(37)24(2,3)22(36)32-15-25(27,28)26(29,30)31/h5-12,20H,4,13-15H2,1-3H3,(H,32,36)(H,33,37)/t20-/m0/s1. The summed E-state index contributed by atoms with van der Waals surface area (Å²) in [5, 5.41) is 4.03. The van der Waals surface area contributed by atoms with Gasteiger partial charge in [-0.3, -0.25) is 14.4 Å². The zero-order chi connectivity index (χ0) is 28.3. The third-order valence-electron chi connectivity index (χ3n) is 6.23. The molecular weight excluding hydrogens is 513 g/mol. The SMILES string of the molecule is CCOCCN1C(=O)[C@@H](NC(=O)C(C)(C)C(=O)NCC(F)(F)C(F)(F)F)c2ccccc2-c2ccccc21. The number of nitrogens with zero attached hydrogens (tertiary/aromatic N) is 1. The van der Waals surface area contributed by atoms with E-state index in [4.69, 9.17) is 4.74 Å². The summed E-state index contributed by atoms with van der Waals surface area (Å²) in [5.41, 5.74) is 0.278. The average molecular weight is 542 g/mol. The number of ether oxygens (including phenoxy) is 1. The normalized spacial score (nSPS) is 15.8. The lowest BCUT2D eigenvalue weighted by molar-refractivity contribution is -0.278. The third kappa shape index (κ3) is 5.79. The third-order valence-corrected chi connectivity index (χ3v) is 6.23. The molecule has 1 aliphatic heterocycles. The summed E-state index contributed by atoms with van der Waals surface area (Å²) in [6, 6.07) is 12.7. The second kappa shape index (κ2) is 11.1. The van der Waals surface area contributed by atoms with Crippen molar-refractivity contribution in [3.05, 3.63) is 54.1 Å². The number of carbonyl (C=O) groups excluding carboxylic acids is 3. The maximum absolute atomic E-state index is 13.8. The Hall–Kier alpha value is -3.54. The van der Waals surface area contributed by atoms with Gasteiger partial charge in [0, 0.05) is 18.7 Å². The first-order chi connectivity index (χ1) is 17.7. The fourth-order valence-corrected chi connectivity index (χ4v) is 3.94. The summed E-state index contributed by atoms with van der Waals surface area (Å²) >= 11 is 0. The van der Waals surface area contributed by atoms with E-state index in [0.717, 1.165) is 19.4 Å². The van der Waals surface area contributed by atoms with Gasteiger partial charge in [0.1, 0.15) is 11.5 Å². The van der Waals surface area contributed by atoms with Gasteiger partial charge in [0.25, 0.3) is 5.91 Å². The summed E-state index contributed by atoms with van der Waals surface area (Å²) in [4.78, 5) is 41.0. The van der Waals surface area contributed by atoms with E-state index in [-0.39, 0.29) is 13.2 Å². The molecule has 0 saturated heterocycles. The number of anilines is 1. The Bertz CT molecular complexity index is 1200. The Labute approximate surface area is 216 Å². The van der Waals surface area contributed by atoms with Crippen LogP contribution < -0.4 is 15.5 Å². The molecule has 0 aliphatic carbocycles. The molecule has 3 rings (SSSR count). The highest BCUT2D eigenvalue weighted by atomic mass is 19.4. The van der Waals surface area contributed by atoms with E-state index in [9.17, 15) is 36.3 Å². The van der Waals surface area contributed by atoms with Gasteiger partial charge in [-0.15, -0.1) is 0 Å². The van der Waals surface area contributed by atoms with E-state index in [0.29, 0.717) is 23.4 Å². The molecule has 2 N–H and O–H groups in total. The van der Waals surface area contributed by atoms with Crippen molar-refractivity contribution in [2.24, 2.45) is 5.41 Å². The van der Waals surface area contributed by atoms with Crippen LogP contribution in [0.1, 0.15) is 32.4 Å². The molecular formula is C26H28F5N3O4. The highest BCUT2D eigenvalue weighted by Crippen LogP contribution is 2.40. The zero-order valence-electron chi connectivity index (χ0n) is 21.0. The van der Waals surface area contributed by atoms with Crippen molar-refractivity contribution in [2.45, 2.75) is 38.9 Å². The molecule has 0 unspecified atom stereocenters. The van der Waals surface area contributed by atoms with Gasteiger partial charge in [-0.2, -0.15) is 22.0 Å². The quantitative estimate of drug-likeness (QED) is 0.283. The summed E-state index contributed by atoms with van der Waals surface area (Å²) in [5.74, 6) is -8.10. The molecule has 3 amide bonds. The van der Waals surface area contributed by atoms with Crippen LogP contribution in [0.3, 0.4) is 0 Å². The molecule has 1 heterocycles. The molecule has 1 aliphatic rings. The fourth-order valence-electron chi connectivity index (χ4n) is 3.94. The Kier molecular flexibility index (Phi) is 8.45. The van der Waals surface area contributed by atoms with Crippen LogP contribution in [0.25, 0.3) is 11.1 Å². The number of amides is 3. The minimum absolute atomic E-state index is 0.153. The summed E-state index contributed by atoms with van der Waals surface area (Å²) in [6.45, 7) is 2.68. The predicted molar refractivity (Wildman–Crippen MR) is 129 cm³/mol. The number of hydrogen-bond donors (Lipinski definition) is 2. The highest BCUT2D eigenvalue weighted by molar-refractivity contribution is 6.09. The molecule has 206 valence electrons. The van der Waals surface area contributed by atoms with Crippen molar-refractivity contribution in [3.8, 4) is 11.1 Å². The fraction of sp³-hybridized carbons (Fsp3) is 0.423. The van der Waals surface area contributed by atoms with Crippen molar-refractivity contribution < 1.29 is 41.1 Å². The topological polar surface area (TPSA) is 87.7 Å². The lowest BCUT2D eigenvalue weighted by Crippen LogP contribution is -2.54. The molecule has 1 atom stereocenters. The lowest BCUT2D eigenvalue weighted by atomic mass is 9.89. The van der Waals surface area contributed by atoms with Crippen LogP contribution >= 0.6 is 0 Å². The first-order valence-corrected chi connectivity index (χ1v) is 11.8. The largest absolute Gasteiger partial charge is 0.455 e. The summed E-state index contributed by atoms with van der Waals surface area (Å²) < 4.78 is 69.5. The van der Waals surface area contributed by atoms with Crippen molar-refractivity contribution in [1.29, 1.82) is 0 Å². The number of rotatable bonds is 9. The number of alkyl halides is 5. The number of hydrogen-bond acceptors (Lipinski definition) is 4. The van der Waals surface area contributed by atoms with E-state index in [1.807, 2.05) is 6.07 Å². The van der Waals surface area contributed by atoms with Crippen molar-refractivity contribution in [3.63, 3.8) is 0 Å². The molecule has 2 aromatic carbocycles. The molecule has 0 aromatic heterocycles. The van der Waals surface area contributed by atoms with Crippen LogP contribution in [-0.2, 0) is 19.1 Å². The second-order valence-electron chi connectivity index (χ2n) is 9.21. The Balaban J connectivity index is 1.92. The van der Waals surface area contributed by atoms with E-state index < -0.39 is 47.8 Å². The van der Waals surface area contributed by atoms with E-state index in [1.54, 1.807) is 49.4 Å². The Morgan fingerprint density at radius 1 is 0.947 bits per heavy atom. The maximum Gasteiger partial charge on any atom is 0.455 e. The second-order valence-corrected chi connectivity index (χ2v) is 9.21. The van der Waals surface area contributed by atoms with Gasteiger partial charge in [-0.05, 0) is 38.0 Å². The van der Waals surface area contributed by atoms with Gasteiger partial charge in [0.15, 0.2) is 0 Å². The van der Waals surface area contributed by atoms with Gasteiger partial charge in [0.2, 0.25) is 11.8 Å². The van der Waals surface area contributed by atoms with Crippen LogP contribution in [0.2, 0.25) is 0 Å². The molecule has 0 fully saturated rings. The number of benzene rings is 2. The number of carbonyl (C=O) groups is 3. The number of para-hydroxylation sites is 1. The van der Waals surface area contributed by atoms with Crippen molar-refractivity contribution in [2.75, 3.05) is 31.2 Å². The van der Waals surface area contributed by atoms with Crippen LogP contribution in [0.4, 0.5) is 27.6 Å². The predicted octanol–water partition coefficient (Wildman–Crippen LogP) is 4.23. The van der Waals surface area contributed by atoms with Crippen molar-refractivity contribution >= 4 is 23.4 Å². The summed E-state index contributed by atoms with van der Waals surface area (Å²) in [6.07, 6.45) is -5.87. The van der Waals surface area contributed by atoms with E-state index in [1.165, 1.54) is 10.2 Å².